The number of rotatable bonds is 7. The summed E-state index contributed by atoms with van der Waals surface area (Å²) < 4.78 is 0. The molecule has 0 radical (unpaired) electrons. The fourth-order valence-corrected chi connectivity index (χ4v) is 3.99. The first-order valence-corrected chi connectivity index (χ1v) is 10.9. The van der Waals surface area contributed by atoms with Crippen LogP contribution < -0.4 is 10.6 Å². The number of thiophene rings is 1. The van der Waals surface area contributed by atoms with E-state index in [1.807, 2.05) is 13.1 Å². The fraction of sp³-hybridized carbons (Fsp3) is 0.524. The summed E-state index contributed by atoms with van der Waals surface area (Å²) in [6.07, 6.45) is 5.20. The van der Waals surface area contributed by atoms with E-state index in [-0.39, 0.29) is 24.0 Å². The van der Waals surface area contributed by atoms with Gasteiger partial charge in [-0.3, -0.25) is 14.9 Å². The fourth-order valence-electron chi connectivity index (χ4n) is 3.33. The van der Waals surface area contributed by atoms with E-state index in [0.717, 1.165) is 63.6 Å². The molecule has 0 amide bonds. The Kier molecular flexibility index (Phi) is 10.2. The lowest BCUT2D eigenvalue weighted by Gasteiger charge is -2.33. The van der Waals surface area contributed by atoms with Crippen LogP contribution in [0.25, 0.3) is 0 Å². The lowest BCUT2D eigenvalue weighted by Crippen LogP contribution is -2.48. The van der Waals surface area contributed by atoms with Gasteiger partial charge in [0.25, 0.3) is 0 Å². The predicted octanol–water partition coefficient (Wildman–Crippen LogP) is 3.83. The second-order valence-corrected chi connectivity index (χ2v) is 7.92. The maximum atomic E-state index is 4.76. The third kappa shape index (κ3) is 7.67. The molecule has 1 aliphatic heterocycles. The topological polar surface area (TPSA) is 52.6 Å². The van der Waals surface area contributed by atoms with E-state index >= 15 is 0 Å². The van der Waals surface area contributed by atoms with Crippen LogP contribution in [-0.4, -0.2) is 48.1 Å². The molecule has 5 nitrogen and oxygen atoms in total. The summed E-state index contributed by atoms with van der Waals surface area (Å²) in [5, 5.41) is 11.4. The Bertz CT molecular complexity index is 694. The molecule has 2 N–H and O–H groups in total. The standard InChI is InChI=1S/C21H31N5S.HI/c1-3-22-21(23-10-6-18-5-4-17(2)24-14-18)25-20-7-11-26(12-8-20)15-19-9-13-27-16-19;/h4-5,9,13-14,16,20H,3,6-8,10-12,15H2,1-2H3,(H2,22,23,25);1H. The molecular formula is C21H32IN5S. The van der Waals surface area contributed by atoms with E-state index in [0.29, 0.717) is 6.04 Å². The van der Waals surface area contributed by atoms with Crippen molar-refractivity contribution in [1.29, 1.82) is 0 Å². The van der Waals surface area contributed by atoms with Crippen molar-refractivity contribution in [1.82, 2.24) is 20.5 Å². The molecule has 2 aromatic rings. The van der Waals surface area contributed by atoms with Crippen LogP contribution in [0.3, 0.4) is 0 Å². The zero-order valence-electron chi connectivity index (χ0n) is 16.9. The number of hydrogen-bond donors (Lipinski definition) is 2. The van der Waals surface area contributed by atoms with Gasteiger partial charge in [0, 0.05) is 50.7 Å². The number of aliphatic imine (C=N–C) groups is 1. The number of aryl methyl sites for hydroxylation is 1. The van der Waals surface area contributed by atoms with Crippen LogP contribution in [0.5, 0.6) is 0 Å². The normalized spacial score (nSPS) is 15.9. The number of hydrogen-bond acceptors (Lipinski definition) is 4. The highest BCUT2D eigenvalue weighted by Gasteiger charge is 2.20. The second-order valence-electron chi connectivity index (χ2n) is 7.14. The van der Waals surface area contributed by atoms with Crippen LogP contribution in [0.15, 0.2) is 40.1 Å². The molecule has 3 rings (SSSR count). The van der Waals surface area contributed by atoms with Crippen LogP contribution in [0.2, 0.25) is 0 Å². The third-order valence-electron chi connectivity index (χ3n) is 4.90. The molecule has 7 heteroatoms. The molecule has 0 spiro atoms. The van der Waals surface area contributed by atoms with Gasteiger partial charge in [-0.2, -0.15) is 11.3 Å². The van der Waals surface area contributed by atoms with Crippen molar-refractivity contribution in [2.45, 2.75) is 45.7 Å². The molecule has 0 saturated carbocycles. The van der Waals surface area contributed by atoms with E-state index < -0.39 is 0 Å². The Labute approximate surface area is 190 Å². The largest absolute Gasteiger partial charge is 0.357 e. The van der Waals surface area contributed by atoms with Gasteiger partial charge in [-0.1, -0.05) is 6.07 Å². The van der Waals surface area contributed by atoms with Gasteiger partial charge in [-0.15, -0.1) is 24.0 Å². The summed E-state index contributed by atoms with van der Waals surface area (Å²) in [6, 6.07) is 6.94. The number of piperidine rings is 1. The summed E-state index contributed by atoms with van der Waals surface area (Å²) in [5.74, 6) is 0.939. The van der Waals surface area contributed by atoms with Gasteiger partial charge >= 0.3 is 0 Å². The average molecular weight is 513 g/mol. The molecular weight excluding hydrogens is 481 g/mol. The van der Waals surface area contributed by atoms with Crippen molar-refractivity contribution in [2.75, 3.05) is 26.2 Å². The average Bonchev–Trinajstić information content (AvgIpc) is 3.18. The van der Waals surface area contributed by atoms with Gasteiger partial charge in [0.15, 0.2) is 5.96 Å². The van der Waals surface area contributed by atoms with Crippen LogP contribution >= 0.6 is 35.3 Å². The van der Waals surface area contributed by atoms with Gasteiger partial charge in [0.05, 0.1) is 0 Å². The number of halogens is 1. The number of pyridine rings is 1. The SMILES string of the molecule is CCNC(=NCCc1ccc(C)nc1)NC1CCN(Cc2ccsc2)CC1.I. The molecule has 1 fully saturated rings. The molecule has 3 heterocycles. The van der Waals surface area contributed by atoms with Crippen LogP contribution in [0.4, 0.5) is 0 Å². The van der Waals surface area contributed by atoms with E-state index in [1.54, 1.807) is 11.3 Å². The summed E-state index contributed by atoms with van der Waals surface area (Å²) in [6.45, 7) is 9.15. The number of nitrogens with one attached hydrogen (secondary N) is 2. The van der Waals surface area contributed by atoms with Gasteiger partial charge in [-0.25, -0.2) is 0 Å². The van der Waals surface area contributed by atoms with E-state index in [2.05, 4.69) is 56.4 Å². The molecule has 0 aliphatic carbocycles. The number of aromatic nitrogens is 1. The molecule has 0 atom stereocenters. The van der Waals surface area contributed by atoms with Crippen molar-refractivity contribution in [2.24, 2.45) is 4.99 Å². The van der Waals surface area contributed by atoms with Crippen molar-refractivity contribution in [3.63, 3.8) is 0 Å². The summed E-state index contributed by atoms with van der Waals surface area (Å²) >= 11 is 1.78. The Morgan fingerprint density at radius 2 is 2.07 bits per heavy atom. The van der Waals surface area contributed by atoms with Gasteiger partial charge < -0.3 is 10.6 Å². The number of guanidine groups is 1. The van der Waals surface area contributed by atoms with Crippen LogP contribution in [0.1, 0.15) is 36.6 Å². The first-order chi connectivity index (χ1) is 13.2. The smallest absolute Gasteiger partial charge is 0.191 e. The minimum Gasteiger partial charge on any atom is -0.357 e. The maximum Gasteiger partial charge on any atom is 0.191 e. The Hall–Kier alpha value is -1.19. The third-order valence-corrected chi connectivity index (χ3v) is 5.63. The van der Waals surface area contributed by atoms with E-state index in [4.69, 9.17) is 4.99 Å². The Morgan fingerprint density at radius 3 is 2.71 bits per heavy atom. The molecule has 28 heavy (non-hydrogen) atoms. The van der Waals surface area contributed by atoms with Crippen LogP contribution in [-0.2, 0) is 13.0 Å². The van der Waals surface area contributed by atoms with Gasteiger partial charge in [-0.05, 0) is 67.1 Å². The first-order valence-electron chi connectivity index (χ1n) is 9.92. The molecule has 0 bridgehead atoms. The van der Waals surface area contributed by atoms with E-state index in [1.165, 1.54) is 11.1 Å². The molecule has 2 aromatic heterocycles. The van der Waals surface area contributed by atoms with Crippen LogP contribution in [0, 0.1) is 6.92 Å². The highest BCUT2D eigenvalue weighted by atomic mass is 127. The van der Waals surface area contributed by atoms with Crippen molar-refractivity contribution in [3.05, 3.63) is 52.0 Å². The van der Waals surface area contributed by atoms with E-state index in [9.17, 15) is 0 Å². The first kappa shape index (κ1) is 23.1. The summed E-state index contributed by atoms with van der Waals surface area (Å²) in [5.41, 5.74) is 3.73. The summed E-state index contributed by atoms with van der Waals surface area (Å²) in [4.78, 5) is 11.7. The van der Waals surface area contributed by atoms with Crippen molar-refractivity contribution in [3.8, 4) is 0 Å². The van der Waals surface area contributed by atoms with Crippen molar-refractivity contribution >= 4 is 41.3 Å². The number of likely N-dealkylation sites (tertiary alicyclic amines) is 1. The second kappa shape index (κ2) is 12.4. The Balaban J connectivity index is 0.00000280. The monoisotopic (exact) mass is 513 g/mol. The molecule has 0 aromatic carbocycles. The number of nitrogens with zero attached hydrogens (tertiary/aromatic N) is 3. The lowest BCUT2D eigenvalue weighted by atomic mass is 10.0. The predicted molar refractivity (Wildman–Crippen MR) is 130 cm³/mol. The zero-order valence-corrected chi connectivity index (χ0v) is 20.0. The molecule has 154 valence electrons. The zero-order chi connectivity index (χ0) is 18.9. The maximum absolute atomic E-state index is 4.76. The highest BCUT2D eigenvalue weighted by Crippen LogP contribution is 2.15. The molecule has 1 aliphatic rings. The Morgan fingerprint density at radius 1 is 1.25 bits per heavy atom. The van der Waals surface area contributed by atoms with Gasteiger partial charge in [0.1, 0.15) is 0 Å². The minimum absolute atomic E-state index is 0. The highest BCUT2D eigenvalue weighted by molar-refractivity contribution is 14.0. The quantitative estimate of drug-likeness (QED) is 0.336. The minimum atomic E-state index is 0. The molecule has 1 saturated heterocycles. The van der Waals surface area contributed by atoms with Gasteiger partial charge in [0.2, 0.25) is 0 Å². The lowest BCUT2D eigenvalue weighted by molar-refractivity contribution is 0.198. The molecule has 0 unspecified atom stereocenters. The summed E-state index contributed by atoms with van der Waals surface area (Å²) in [7, 11) is 0. The van der Waals surface area contributed by atoms with Crippen molar-refractivity contribution < 1.29 is 0 Å².